The molecule has 0 radical (unpaired) electrons. The monoisotopic (exact) mass is 483 g/mol. The number of nitrogens with zero attached hydrogens (tertiary/aromatic N) is 5. The molecule has 0 spiro atoms. The van der Waals surface area contributed by atoms with Gasteiger partial charge in [-0.15, -0.1) is 0 Å². The third-order valence-corrected chi connectivity index (χ3v) is 5.21. The van der Waals surface area contributed by atoms with Crippen molar-refractivity contribution in [2.45, 2.75) is 52.2 Å². The molecular weight excluding hydrogens is 450 g/mol. The number of imidazole rings is 1. The second kappa shape index (κ2) is 10.6. The van der Waals surface area contributed by atoms with Gasteiger partial charge < -0.3 is 30.8 Å². The second-order valence-electron chi connectivity index (χ2n) is 9.14. The first-order chi connectivity index (χ1) is 16.5. The summed E-state index contributed by atoms with van der Waals surface area (Å²) in [6.45, 7) is 10.2. The molecule has 12 nitrogen and oxygen atoms in total. The fourth-order valence-corrected chi connectivity index (χ4v) is 3.09. The van der Waals surface area contributed by atoms with E-state index < -0.39 is 6.10 Å². The molecule has 0 aliphatic carbocycles. The summed E-state index contributed by atoms with van der Waals surface area (Å²) in [5.41, 5.74) is 7.94. The number of methoxy groups -OCH3 is 2. The van der Waals surface area contributed by atoms with Gasteiger partial charge in [0.15, 0.2) is 5.82 Å². The molecule has 0 bridgehead atoms. The first kappa shape index (κ1) is 25.8. The van der Waals surface area contributed by atoms with E-state index in [2.05, 4.69) is 56.3 Å². The van der Waals surface area contributed by atoms with Crippen LogP contribution >= 0.6 is 0 Å². The van der Waals surface area contributed by atoms with Crippen LogP contribution in [0, 0.1) is 0 Å². The van der Waals surface area contributed by atoms with Gasteiger partial charge in [0, 0.05) is 31.3 Å². The first-order valence-electron chi connectivity index (χ1n) is 11.2. The zero-order valence-electron chi connectivity index (χ0n) is 21.1. The number of ether oxygens (including phenoxy) is 2. The number of aromatic nitrogens is 6. The van der Waals surface area contributed by atoms with Gasteiger partial charge in [0.2, 0.25) is 11.9 Å². The zero-order valence-corrected chi connectivity index (χ0v) is 21.1. The molecule has 188 valence electrons. The van der Waals surface area contributed by atoms with E-state index in [9.17, 15) is 4.79 Å². The molecule has 0 fully saturated rings. The van der Waals surface area contributed by atoms with Gasteiger partial charge in [-0.2, -0.15) is 0 Å². The lowest BCUT2D eigenvalue weighted by atomic mass is 9.96. The molecule has 0 aromatic carbocycles. The molecular formula is C23H33N9O3. The quantitative estimate of drug-likeness (QED) is 0.354. The molecule has 3 heterocycles. The maximum absolute atomic E-state index is 12.0. The molecule has 2 atom stereocenters. The lowest BCUT2D eigenvalue weighted by molar-refractivity contribution is -0.130. The van der Waals surface area contributed by atoms with Gasteiger partial charge in [-0.25, -0.2) is 24.9 Å². The molecule has 35 heavy (non-hydrogen) atoms. The van der Waals surface area contributed by atoms with Crippen LogP contribution in [0.5, 0.6) is 5.88 Å². The normalized spacial score (nSPS) is 13.2. The molecule has 12 heteroatoms. The summed E-state index contributed by atoms with van der Waals surface area (Å²) in [4.78, 5) is 37.8. The Hall–Kier alpha value is -3.80. The van der Waals surface area contributed by atoms with Crippen LogP contribution in [0.1, 0.15) is 40.4 Å². The Morgan fingerprint density at radius 3 is 2.54 bits per heavy atom. The predicted molar refractivity (Wildman–Crippen MR) is 133 cm³/mol. The minimum Gasteiger partial charge on any atom is -0.478 e. The highest BCUT2D eigenvalue weighted by Gasteiger charge is 2.25. The van der Waals surface area contributed by atoms with Crippen molar-refractivity contribution in [2.75, 3.05) is 31.8 Å². The molecule has 0 saturated carbocycles. The number of amides is 1. The van der Waals surface area contributed by atoms with E-state index in [4.69, 9.17) is 20.2 Å². The van der Waals surface area contributed by atoms with Crippen LogP contribution in [0.4, 0.5) is 11.8 Å². The highest BCUT2D eigenvalue weighted by molar-refractivity contribution is 5.80. The maximum atomic E-state index is 12.0. The van der Waals surface area contributed by atoms with Crippen molar-refractivity contribution >= 4 is 17.7 Å². The Kier molecular flexibility index (Phi) is 7.85. The lowest BCUT2D eigenvalue weighted by Crippen LogP contribution is -2.42. The van der Waals surface area contributed by atoms with Crippen molar-refractivity contribution in [3.05, 3.63) is 24.3 Å². The summed E-state index contributed by atoms with van der Waals surface area (Å²) in [7, 11) is 2.98. The van der Waals surface area contributed by atoms with E-state index in [1.165, 1.54) is 14.2 Å². The van der Waals surface area contributed by atoms with Crippen LogP contribution in [0.3, 0.4) is 0 Å². The molecule has 0 saturated heterocycles. The largest absolute Gasteiger partial charge is 0.478 e. The van der Waals surface area contributed by atoms with Gasteiger partial charge in [0.05, 0.1) is 24.7 Å². The van der Waals surface area contributed by atoms with Crippen LogP contribution in [0.15, 0.2) is 18.5 Å². The highest BCUT2D eigenvalue weighted by atomic mass is 16.5. The van der Waals surface area contributed by atoms with E-state index in [1.54, 1.807) is 25.4 Å². The Balaban J connectivity index is 1.90. The predicted octanol–water partition coefficient (Wildman–Crippen LogP) is 2.16. The molecule has 0 aliphatic rings. The number of nitrogens with two attached hydrogens (primary N) is 1. The van der Waals surface area contributed by atoms with Crippen molar-refractivity contribution in [3.8, 4) is 28.7 Å². The topological polar surface area (TPSA) is 166 Å². The summed E-state index contributed by atoms with van der Waals surface area (Å²) < 4.78 is 10.3. The van der Waals surface area contributed by atoms with E-state index in [-0.39, 0.29) is 29.1 Å². The van der Waals surface area contributed by atoms with E-state index in [1.807, 2.05) is 6.92 Å². The van der Waals surface area contributed by atoms with Crippen molar-refractivity contribution < 1.29 is 14.3 Å². The van der Waals surface area contributed by atoms with Crippen LogP contribution < -0.4 is 21.1 Å². The molecule has 3 aromatic heterocycles. The summed E-state index contributed by atoms with van der Waals surface area (Å²) in [5.74, 6) is 1.39. The Morgan fingerprint density at radius 2 is 1.89 bits per heavy atom. The molecule has 3 aromatic rings. The average molecular weight is 484 g/mol. The van der Waals surface area contributed by atoms with Gasteiger partial charge >= 0.3 is 0 Å². The number of nitrogen functional groups attached to an aromatic ring is 1. The van der Waals surface area contributed by atoms with Crippen molar-refractivity contribution in [3.63, 3.8) is 0 Å². The minimum atomic E-state index is -0.525. The molecule has 5 N–H and O–H groups in total. The number of hydrogen-bond donors (Lipinski definition) is 4. The number of hydrogen-bond acceptors (Lipinski definition) is 10. The molecule has 3 rings (SSSR count). The highest BCUT2D eigenvalue weighted by Crippen LogP contribution is 2.33. The molecule has 1 unspecified atom stereocenters. The van der Waals surface area contributed by atoms with E-state index >= 15 is 0 Å². The van der Waals surface area contributed by atoms with Crippen LogP contribution in [-0.2, 0) is 14.9 Å². The van der Waals surface area contributed by atoms with Gasteiger partial charge in [0.1, 0.15) is 23.3 Å². The SMILES string of the molecule is COc1nc(-c2nc(C(C)(C)C)[nH]c2-c2ccnc(NCC(C)NC(=O)[C@H](C)OC)n2)cnc1N. The Bertz CT molecular complexity index is 1170. The standard InChI is InChI=1S/C23H33N9O3/c1-12(28-19(33)13(2)34-6)10-27-22-25-9-8-14(30-22)16-17(32-21(31-16)23(3,4)5)15-11-26-18(24)20(29-15)35-7/h8-9,11-13H,10H2,1-7H3,(H2,24,26)(H,28,33)(H,31,32)(H,25,27,30)/t12?,13-/m0/s1. The third kappa shape index (κ3) is 6.21. The Morgan fingerprint density at radius 1 is 1.14 bits per heavy atom. The number of H-pyrrole nitrogens is 1. The number of carbonyl (C=O) groups excluding carboxylic acids is 1. The van der Waals surface area contributed by atoms with Gasteiger partial charge in [-0.1, -0.05) is 20.8 Å². The van der Waals surface area contributed by atoms with Gasteiger partial charge in [0.25, 0.3) is 5.88 Å². The molecule has 0 aliphatic heterocycles. The lowest BCUT2D eigenvalue weighted by Gasteiger charge is -2.17. The van der Waals surface area contributed by atoms with Crippen molar-refractivity contribution in [1.29, 1.82) is 0 Å². The number of carbonyl (C=O) groups is 1. The van der Waals surface area contributed by atoms with Crippen LogP contribution in [0.2, 0.25) is 0 Å². The zero-order chi connectivity index (χ0) is 25.8. The maximum Gasteiger partial charge on any atom is 0.257 e. The number of aromatic amines is 1. The smallest absolute Gasteiger partial charge is 0.257 e. The fourth-order valence-electron chi connectivity index (χ4n) is 3.09. The van der Waals surface area contributed by atoms with E-state index in [0.717, 1.165) is 5.82 Å². The average Bonchev–Trinajstić information content (AvgIpc) is 3.29. The summed E-state index contributed by atoms with van der Waals surface area (Å²) >= 11 is 0. The number of nitrogens with one attached hydrogen (secondary N) is 3. The third-order valence-electron chi connectivity index (χ3n) is 5.21. The van der Waals surface area contributed by atoms with E-state index in [0.29, 0.717) is 35.3 Å². The van der Waals surface area contributed by atoms with Crippen LogP contribution in [-0.4, -0.2) is 68.7 Å². The number of rotatable bonds is 9. The van der Waals surface area contributed by atoms with Crippen molar-refractivity contribution in [1.82, 2.24) is 35.2 Å². The second-order valence-corrected chi connectivity index (χ2v) is 9.14. The fraction of sp³-hybridized carbons (Fsp3) is 0.478. The summed E-state index contributed by atoms with van der Waals surface area (Å²) in [6.07, 6.45) is 2.68. The minimum absolute atomic E-state index is 0.167. The summed E-state index contributed by atoms with van der Waals surface area (Å²) in [5, 5.41) is 6.04. The van der Waals surface area contributed by atoms with Crippen LogP contribution in [0.25, 0.3) is 22.8 Å². The van der Waals surface area contributed by atoms with Gasteiger partial charge in [-0.05, 0) is 19.9 Å². The first-order valence-corrected chi connectivity index (χ1v) is 11.2. The number of anilines is 2. The van der Waals surface area contributed by atoms with Gasteiger partial charge in [-0.3, -0.25) is 4.79 Å². The van der Waals surface area contributed by atoms with Crippen molar-refractivity contribution in [2.24, 2.45) is 0 Å². The summed E-state index contributed by atoms with van der Waals surface area (Å²) in [6, 6.07) is 1.61. The molecule has 1 amide bonds. The Labute approximate surface area is 204 Å².